The number of benzene rings is 1. The number of hydrogen-bond donors (Lipinski definition) is 2. The first-order valence-corrected chi connectivity index (χ1v) is 6.73. The Morgan fingerprint density at radius 1 is 1.40 bits per heavy atom. The molecule has 2 aromatic rings. The molecule has 0 aliphatic carbocycles. The second-order valence-corrected chi connectivity index (χ2v) is 4.98. The van der Waals surface area contributed by atoms with Gasteiger partial charge in [0.05, 0.1) is 11.9 Å². The highest BCUT2D eigenvalue weighted by Gasteiger charge is 2.10. The zero-order valence-corrected chi connectivity index (χ0v) is 11.8. The first kappa shape index (κ1) is 14.3. The van der Waals surface area contributed by atoms with E-state index in [0.717, 1.165) is 11.3 Å². The summed E-state index contributed by atoms with van der Waals surface area (Å²) in [6.07, 6.45) is 2.76. The lowest BCUT2D eigenvalue weighted by molar-refractivity contribution is -0.116. The van der Waals surface area contributed by atoms with Crippen LogP contribution in [0.15, 0.2) is 36.5 Å². The molecule has 1 aromatic carbocycles. The third kappa shape index (κ3) is 3.45. The van der Waals surface area contributed by atoms with Gasteiger partial charge in [-0.1, -0.05) is 18.2 Å². The van der Waals surface area contributed by atoms with Crippen molar-refractivity contribution in [2.75, 3.05) is 5.32 Å². The number of nitrogens with two attached hydrogens (primary N) is 1. The van der Waals surface area contributed by atoms with Gasteiger partial charge in [0.1, 0.15) is 5.82 Å². The lowest BCUT2D eigenvalue weighted by atomic mass is 10.2. The number of hydrogen-bond acceptors (Lipinski definition) is 3. The number of rotatable bonds is 5. The van der Waals surface area contributed by atoms with Gasteiger partial charge in [-0.25, -0.2) is 4.68 Å². The number of carbonyl (C=O) groups is 1. The third-order valence-electron chi connectivity index (χ3n) is 3.08. The van der Waals surface area contributed by atoms with E-state index in [-0.39, 0.29) is 11.9 Å². The van der Waals surface area contributed by atoms with Crippen LogP contribution in [0.5, 0.6) is 0 Å². The van der Waals surface area contributed by atoms with Crippen molar-refractivity contribution < 1.29 is 4.79 Å². The van der Waals surface area contributed by atoms with Crippen molar-refractivity contribution in [3.05, 3.63) is 42.1 Å². The van der Waals surface area contributed by atoms with Gasteiger partial charge in [0.15, 0.2) is 0 Å². The number of carbonyl (C=O) groups excluding carboxylic acids is 1. The van der Waals surface area contributed by atoms with Gasteiger partial charge in [-0.15, -0.1) is 0 Å². The maximum absolute atomic E-state index is 11.9. The molecule has 106 valence electrons. The summed E-state index contributed by atoms with van der Waals surface area (Å²) in [4.78, 5) is 11.9. The van der Waals surface area contributed by atoms with Gasteiger partial charge < -0.3 is 11.1 Å². The van der Waals surface area contributed by atoms with Crippen molar-refractivity contribution in [3.8, 4) is 5.69 Å². The smallest absolute Gasteiger partial charge is 0.225 e. The molecule has 1 unspecified atom stereocenters. The topological polar surface area (TPSA) is 72.9 Å². The predicted octanol–water partition coefficient (Wildman–Crippen LogP) is 2.25. The lowest BCUT2D eigenvalue weighted by Crippen LogP contribution is -2.20. The zero-order chi connectivity index (χ0) is 14.5. The van der Waals surface area contributed by atoms with Gasteiger partial charge in [0.25, 0.3) is 0 Å². The Morgan fingerprint density at radius 2 is 2.15 bits per heavy atom. The summed E-state index contributed by atoms with van der Waals surface area (Å²) in [7, 11) is 0. The maximum Gasteiger partial charge on any atom is 0.225 e. The monoisotopic (exact) mass is 272 g/mol. The van der Waals surface area contributed by atoms with Crippen LogP contribution < -0.4 is 11.1 Å². The second-order valence-electron chi connectivity index (χ2n) is 4.98. The Kier molecular flexibility index (Phi) is 4.53. The Balaban J connectivity index is 2.13. The molecule has 0 bridgehead atoms. The molecule has 1 atom stereocenters. The van der Waals surface area contributed by atoms with Gasteiger partial charge in [-0.05, 0) is 31.9 Å². The van der Waals surface area contributed by atoms with Crippen molar-refractivity contribution in [1.82, 2.24) is 9.78 Å². The molecular formula is C15H20N4O. The molecule has 0 radical (unpaired) electrons. The maximum atomic E-state index is 11.9. The Bertz CT molecular complexity index is 589. The van der Waals surface area contributed by atoms with Gasteiger partial charge in [-0.2, -0.15) is 5.10 Å². The predicted molar refractivity (Wildman–Crippen MR) is 79.8 cm³/mol. The van der Waals surface area contributed by atoms with Crippen LogP contribution in [0, 0.1) is 6.92 Å². The van der Waals surface area contributed by atoms with E-state index < -0.39 is 0 Å². The van der Waals surface area contributed by atoms with Crippen LogP contribution in [-0.2, 0) is 4.79 Å². The molecule has 0 aliphatic rings. The zero-order valence-electron chi connectivity index (χ0n) is 11.8. The van der Waals surface area contributed by atoms with E-state index in [1.54, 1.807) is 16.9 Å². The lowest BCUT2D eigenvalue weighted by Gasteiger charge is -2.11. The van der Waals surface area contributed by atoms with E-state index in [2.05, 4.69) is 10.4 Å². The highest BCUT2D eigenvalue weighted by atomic mass is 16.1. The second kappa shape index (κ2) is 6.34. The highest BCUT2D eigenvalue weighted by Crippen LogP contribution is 2.18. The summed E-state index contributed by atoms with van der Waals surface area (Å²) in [5.74, 6) is 0.631. The van der Waals surface area contributed by atoms with Gasteiger partial charge in [-0.3, -0.25) is 4.79 Å². The van der Waals surface area contributed by atoms with Crippen molar-refractivity contribution in [2.45, 2.75) is 32.7 Å². The van der Waals surface area contributed by atoms with Crippen LogP contribution in [0.2, 0.25) is 0 Å². The van der Waals surface area contributed by atoms with E-state index in [0.29, 0.717) is 18.7 Å². The molecule has 3 N–H and O–H groups in total. The van der Waals surface area contributed by atoms with Crippen LogP contribution in [0.3, 0.4) is 0 Å². The summed E-state index contributed by atoms with van der Waals surface area (Å²) < 4.78 is 1.74. The fraction of sp³-hybridized carbons (Fsp3) is 0.333. The fourth-order valence-electron chi connectivity index (χ4n) is 1.96. The molecule has 0 spiro atoms. The van der Waals surface area contributed by atoms with E-state index in [4.69, 9.17) is 5.73 Å². The van der Waals surface area contributed by atoms with Crippen molar-refractivity contribution in [2.24, 2.45) is 5.73 Å². The molecule has 2 rings (SSSR count). The molecule has 0 saturated heterocycles. The van der Waals surface area contributed by atoms with Gasteiger partial charge in [0, 0.05) is 18.5 Å². The summed E-state index contributed by atoms with van der Waals surface area (Å²) >= 11 is 0. The Morgan fingerprint density at radius 3 is 2.85 bits per heavy atom. The standard InChI is InChI=1S/C15H20N4O/c1-11-5-3-4-6-13(11)19-14(9-10-17-19)18-15(20)8-7-12(2)16/h3-6,9-10,12H,7-8,16H2,1-2H3,(H,18,20). The normalized spacial score (nSPS) is 12.2. The number of para-hydroxylation sites is 1. The van der Waals surface area contributed by atoms with Crippen LogP contribution in [-0.4, -0.2) is 21.7 Å². The Labute approximate surface area is 118 Å². The number of amides is 1. The molecule has 5 heteroatoms. The SMILES string of the molecule is Cc1ccccc1-n1nccc1NC(=O)CCC(C)N. The largest absolute Gasteiger partial charge is 0.328 e. The first-order chi connectivity index (χ1) is 9.58. The number of nitrogens with one attached hydrogen (secondary N) is 1. The quantitative estimate of drug-likeness (QED) is 0.876. The number of nitrogens with zero attached hydrogens (tertiary/aromatic N) is 2. The summed E-state index contributed by atoms with van der Waals surface area (Å²) in [6, 6.07) is 9.73. The van der Waals surface area contributed by atoms with Crippen LogP contribution in [0.1, 0.15) is 25.3 Å². The summed E-state index contributed by atoms with van der Waals surface area (Å²) in [5, 5.41) is 7.15. The number of aryl methyl sites for hydroxylation is 1. The minimum atomic E-state index is -0.0439. The number of anilines is 1. The molecule has 0 fully saturated rings. The average Bonchev–Trinajstić information content (AvgIpc) is 2.85. The highest BCUT2D eigenvalue weighted by molar-refractivity contribution is 5.90. The van der Waals surface area contributed by atoms with Gasteiger partial charge in [0.2, 0.25) is 5.91 Å². The van der Waals surface area contributed by atoms with Crippen LogP contribution >= 0.6 is 0 Å². The van der Waals surface area contributed by atoms with Crippen LogP contribution in [0.25, 0.3) is 5.69 Å². The van der Waals surface area contributed by atoms with Crippen molar-refractivity contribution in [3.63, 3.8) is 0 Å². The molecule has 1 aromatic heterocycles. The third-order valence-corrected chi connectivity index (χ3v) is 3.08. The van der Waals surface area contributed by atoms with Crippen LogP contribution in [0.4, 0.5) is 5.82 Å². The average molecular weight is 272 g/mol. The number of aromatic nitrogens is 2. The van der Waals surface area contributed by atoms with E-state index in [9.17, 15) is 4.79 Å². The minimum absolute atomic E-state index is 0.0297. The summed E-state index contributed by atoms with van der Waals surface area (Å²) in [5.41, 5.74) is 7.72. The van der Waals surface area contributed by atoms with Crippen molar-refractivity contribution >= 4 is 11.7 Å². The van der Waals surface area contributed by atoms with E-state index in [1.807, 2.05) is 38.1 Å². The van der Waals surface area contributed by atoms with E-state index in [1.165, 1.54) is 0 Å². The molecule has 0 saturated carbocycles. The summed E-state index contributed by atoms with van der Waals surface area (Å²) in [6.45, 7) is 3.91. The van der Waals surface area contributed by atoms with Gasteiger partial charge >= 0.3 is 0 Å². The molecule has 20 heavy (non-hydrogen) atoms. The Hall–Kier alpha value is -2.14. The minimum Gasteiger partial charge on any atom is -0.328 e. The van der Waals surface area contributed by atoms with E-state index >= 15 is 0 Å². The molecular weight excluding hydrogens is 252 g/mol. The molecule has 1 amide bonds. The fourth-order valence-corrected chi connectivity index (χ4v) is 1.96. The molecule has 5 nitrogen and oxygen atoms in total. The molecule has 1 heterocycles. The first-order valence-electron chi connectivity index (χ1n) is 6.73. The van der Waals surface area contributed by atoms with Crippen molar-refractivity contribution in [1.29, 1.82) is 0 Å². The molecule has 0 aliphatic heterocycles.